The molecule has 0 spiro atoms. The smallest absolute Gasteiger partial charge is 0.326 e. The molecule has 3 aromatic heterocycles. The van der Waals surface area contributed by atoms with Crippen molar-refractivity contribution in [2.45, 2.75) is 241 Å². The number of nitrogens with two attached hydrogens (primary N) is 3. The zero-order valence-electron chi connectivity index (χ0n) is 77.5. The minimum absolute atomic E-state index is 0.00558. The summed E-state index contributed by atoms with van der Waals surface area (Å²) in [5, 5.41) is 96.9. The molecule has 1 saturated heterocycles. The van der Waals surface area contributed by atoms with Crippen LogP contribution < -0.4 is 86.3 Å². The molecule has 2 unspecified atom stereocenters. The second-order valence-electron chi connectivity index (χ2n) is 35.4. The van der Waals surface area contributed by atoms with E-state index >= 15 is 14.4 Å². The monoisotopic (exact) mass is 1900 g/mol. The van der Waals surface area contributed by atoms with Crippen LogP contribution in [0, 0.1) is 17.2 Å². The number of aliphatic hydroxyl groups excluding tert-OH is 3. The number of para-hydroxylation sites is 3. The molecular formula is C96H129N21O20. The normalized spacial score (nSPS) is 15.8. The number of nitrogens with zero attached hydrogens (tertiary/aromatic N) is 1. The van der Waals surface area contributed by atoms with Crippen LogP contribution in [0.5, 0.6) is 0 Å². The lowest BCUT2D eigenvalue weighted by Crippen LogP contribution is -2.63. The zero-order chi connectivity index (χ0) is 99.7. The molecule has 0 bridgehead atoms. The van der Waals surface area contributed by atoms with Gasteiger partial charge in [-0.25, -0.2) is 4.79 Å². The third-order valence-electron chi connectivity index (χ3n) is 23.6. The van der Waals surface area contributed by atoms with Crippen LogP contribution in [0.15, 0.2) is 152 Å². The van der Waals surface area contributed by atoms with Gasteiger partial charge in [0.2, 0.25) is 76.8 Å². The van der Waals surface area contributed by atoms with Gasteiger partial charge < -0.3 is 132 Å². The number of guanidine groups is 1. The predicted molar refractivity (Wildman–Crippen MR) is 508 cm³/mol. The quantitative estimate of drug-likeness (QED) is 0.0135. The maximum atomic E-state index is 15.2. The number of fused-ring (bicyclic) bond motifs is 3. The van der Waals surface area contributed by atoms with E-state index in [1.54, 1.807) is 137 Å². The zero-order valence-corrected chi connectivity index (χ0v) is 77.5. The summed E-state index contributed by atoms with van der Waals surface area (Å²) in [6.45, 7) is 8.42. The predicted octanol–water partition coefficient (Wildman–Crippen LogP) is -0.0325. The number of likely N-dealkylation sites (tertiary alicyclic amines) is 1. The molecule has 28 N–H and O–H groups in total. The Balaban J connectivity index is 0.885. The van der Waals surface area contributed by atoms with Gasteiger partial charge in [-0.15, -0.1) is 0 Å². The summed E-state index contributed by atoms with van der Waals surface area (Å²) >= 11 is 0. The summed E-state index contributed by atoms with van der Waals surface area (Å²) < 4.78 is 0. The number of aromatic nitrogens is 3. The molecule has 9 rings (SSSR count). The van der Waals surface area contributed by atoms with Crippen LogP contribution in [0.25, 0.3) is 32.7 Å². The van der Waals surface area contributed by atoms with Gasteiger partial charge in [-0.1, -0.05) is 143 Å². The Hall–Kier alpha value is -14.2. The lowest BCUT2D eigenvalue weighted by molar-refractivity contribution is -0.143. The Bertz CT molecular complexity index is 5490. The lowest BCUT2D eigenvalue weighted by atomic mass is 9.99. The number of nitrogens with one attached hydrogen (secondary N) is 17. The maximum Gasteiger partial charge on any atom is 0.326 e. The molecule has 8 aromatic rings. The molecule has 41 nitrogen and oxygen atoms in total. The highest BCUT2D eigenvalue weighted by atomic mass is 16.4. The second kappa shape index (κ2) is 52.1. The number of hydrogen-bond donors (Lipinski definition) is 25. The molecule has 137 heavy (non-hydrogen) atoms. The van der Waals surface area contributed by atoms with Crippen LogP contribution in [0.4, 0.5) is 0 Å². The molecule has 13 amide bonds. The Morgan fingerprint density at radius 1 is 0.423 bits per heavy atom. The summed E-state index contributed by atoms with van der Waals surface area (Å²) in [7, 11) is 0. The lowest BCUT2D eigenvalue weighted by Gasteiger charge is -2.32. The fourth-order valence-electron chi connectivity index (χ4n) is 16.4. The van der Waals surface area contributed by atoms with Gasteiger partial charge in [0.15, 0.2) is 5.96 Å². The number of unbranched alkanes of at least 4 members (excludes halogenated alkanes) is 1. The van der Waals surface area contributed by atoms with Crippen molar-refractivity contribution in [2.24, 2.45) is 29.0 Å². The molecule has 4 heterocycles. The highest BCUT2D eigenvalue weighted by Gasteiger charge is 2.43. The molecule has 1 aliphatic heterocycles. The first kappa shape index (κ1) is 107. The van der Waals surface area contributed by atoms with Crippen molar-refractivity contribution in [3.8, 4) is 0 Å². The van der Waals surface area contributed by atoms with Crippen molar-refractivity contribution in [2.75, 3.05) is 26.2 Å². The Morgan fingerprint density at radius 3 is 1.24 bits per heavy atom. The minimum atomic E-state index is -1.94. The van der Waals surface area contributed by atoms with Crippen molar-refractivity contribution in [3.63, 3.8) is 0 Å². The number of hydrogen-bond acceptors (Lipinski definition) is 21. The molecule has 1 fully saturated rings. The van der Waals surface area contributed by atoms with Crippen LogP contribution >= 0.6 is 0 Å². The van der Waals surface area contributed by atoms with Gasteiger partial charge in [-0.2, -0.15) is 0 Å². The Kier molecular flexibility index (Phi) is 40.5. The maximum absolute atomic E-state index is 15.2. The number of carboxylic acid groups (broad SMARTS) is 2. The van der Waals surface area contributed by atoms with Crippen molar-refractivity contribution in [1.82, 2.24) is 89.0 Å². The van der Waals surface area contributed by atoms with E-state index in [1.807, 2.05) is 42.5 Å². The molecule has 16 atom stereocenters. The number of carbonyl (C=O) groups excluding carboxylic acids is 13. The van der Waals surface area contributed by atoms with Crippen LogP contribution in [0.3, 0.4) is 0 Å². The number of aromatic amines is 3. The molecule has 5 aromatic carbocycles. The highest BCUT2D eigenvalue weighted by molar-refractivity contribution is 6.02. The van der Waals surface area contributed by atoms with Crippen molar-refractivity contribution < 1.29 is 97.5 Å². The van der Waals surface area contributed by atoms with Gasteiger partial charge >= 0.3 is 11.9 Å². The van der Waals surface area contributed by atoms with E-state index in [1.165, 1.54) is 11.8 Å². The second-order valence-corrected chi connectivity index (χ2v) is 35.4. The summed E-state index contributed by atoms with van der Waals surface area (Å²) in [6, 6.07) is 16.9. The number of carboxylic acids is 2. The van der Waals surface area contributed by atoms with Gasteiger partial charge in [-0.3, -0.25) is 72.5 Å². The van der Waals surface area contributed by atoms with Crippen molar-refractivity contribution in [3.05, 3.63) is 180 Å². The molecule has 1 aliphatic rings. The summed E-state index contributed by atoms with van der Waals surface area (Å²) in [5.74, 6) is -16.5. The van der Waals surface area contributed by atoms with E-state index in [4.69, 9.17) is 22.6 Å². The number of benzene rings is 5. The van der Waals surface area contributed by atoms with Crippen LogP contribution in [0.2, 0.25) is 0 Å². The number of amides is 13. The van der Waals surface area contributed by atoms with E-state index in [9.17, 15) is 83.1 Å². The van der Waals surface area contributed by atoms with Crippen LogP contribution in [-0.4, -0.2) is 263 Å². The third-order valence-corrected chi connectivity index (χ3v) is 23.6. The first-order valence-corrected chi connectivity index (χ1v) is 46.0. The fourth-order valence-corrected chi connectivity index (χ4v) is 16.4. The minimum Gasteiger partial charge on any atom is -0.481 e. The number of aliphatic hydroxyl groups is 3. The van der Waals surface area contributed by atoms with E-state index in [2.05, 4.69) is 84.1 Å². The summed E-state index contributed by atoms with van der Waals surface area (Å²) in [4.78, 5) is 226. The topological polar surface area (TPSA) is 666 Å². The van der Waals surface area contributed by atoms with E-state index in [-0.39, 0.29) is 103 Å². The number of aliphatic carboxylic acids is 2. The van der Waals surface area contributed by atoms with Crippen molar-refractivity contribution in [1.29, 1.82) is 5.41 Å². The van der Waals surface area contributed by atoms with Gasteiger partial charge in [0.25, 0.3) is 0 Å². The average Bonchev–Trinajstić information content (AvgIpc) is 1.72. The molecule has 0 radical (unpaired) electrons. The number of rotatable bonds is 54. The fraction of sp³-hybridized carbons (Fsp3) is 0.458. The summed E-state index contributed by atoms with van der Waals surface area (Å²) in [6.07, 6.45) is 0.239. The third kappa shape index (κ3) is 31.7. The first-order chi connectivity index (χ1) is 65.4. The number of H-pyrrole nitrogens is 3. The van der Waals surface area contributed by atoms with E-state index < -0.39 is 217 Å². The van der Waals surface area contributed by atoms with E-state index in [0.29, 0.717) is 46.0 Å². The molecule has 0 saturated carbocycles. The van der Waals surface area contributed by atoms with Crippen LogP contribution in [-0.2, 0) is 104 Å². The largest absolute Gasteiger partial charge is 0.481 e. The molecule has 738 valence electrons. The first-order valence-electron chi connectivity index (χ1n) is 46.0. The van der Waals surface area contributed by atoms with Crippen molar-refractivity contribution >= 4 is 127 Å². The van der Waals surface area contributed by atoms with Gasteiger partial charge in [0.05, 0.1) is 24.9 Å². The average molecular weight is 1900 g/mol. The number of carbonyl (C=O) groups is 15. The van der Waals surface area contributed by atoms with Gasteiger partial charge in [0.1, 0.15) is 78.5 Å². The summed E-state index contributed by atoms with van der Waals surface area (Å²) in [5.41, 5.74) is 22.7. The standard InChI is InChI=1S/C96H129N21O20/c1-52(2)41-71(85(126)110-74(46-59-49-103-66-31-17-14-28-62(59)66)88(129)106-69(36-37-79(121)122)84(125)105-68(34-21-39-101-96(99)100)83(124)107-70(95(136)137)33-19-20-38-97)111-92(133)81(55(6)120)116-90(131)77(51-118)114-91(132)78-35-22-40-117(78)94(135)76(42-53(3)4)113-87(128)72(43-56-23-9-7-10-24-56)109-86(127)73(44-57-25-11-8-12-26-57)112-93(134)80(54(5)119)115-89(130)75(47-60-50-104-67-32-18-15-29-63(60)67)108-82(123)64(98)45-58-48-102-65-30-16-13-27-61(58)65/h7-18,23-32,48-50,52-55,64,68-78,80-81,102-104,118-120H,19-22,33-47,51,97-98H2,1-6H3,(H,105,125)(H,106,129)(H,107,124)(H,108,123)(H,109,127)(H,110,126)(H,111,133)(H,112,134)(H,113,128)(H,114,132)(H,115,130)(H,116,131)(H,121,122)(H,136,137)(H4,99,100,101)/t54?,55?,64-,68-,69-,70-,71-,72-,73-,74-,75-,76-,77-,78-,80-,81-/m1/s1. The Morgan fingerprint density at radius 2 is 0.796 bits per heavy atom. The van der Waals surface area contributed by atoms with Gasteiger partial charge in [0, 0.05) is 96.5 Å². The van der Waals surface area contributed by atoms with Crippen LogP contribution in [0.1, 0.15) is 140 Å². The van der Waals surface area contributed by atoms with E-state index in [0.717, 1.165) is 34.3 Å². The molecule has 41 heteroatoms. The molecular weight excluding hydrogens is 1770 g/mol. The highest BCUT2D eigenvalue weighted by Crippen LogP contribution is 2.26. The molecule has 0 aliphatic carbocycles. The van der Waals surface area contributed by atoms with Gasteiger partial charge in [-0.05, 0) is 149 Å². The Labute approximate surface area is 791 Å². The SMILES string of the molecule is CC(C)C[C@@H](NC(=O)[C@H](NC(=O)[C@@H](CO)NC(=O)[C@H]1CCCN1C(=O)[C@@H](CC(C)C)NC(=O)[C@@H](Cc1ccccc1)NC(=O)[C@@H](Cc1ccccc1)NC(=O)[C@H](NC(=O)[C@@H](Cc1c[nH]c2ccccc12)NC(=O)[C@H](N)Cc1c[nH]c2ccccc12)C(C)O)C(C)O)C(=O)N[C@H](Cc1c[nH]c2ccccc12)C(=O)N[C@H](CCC(=O)O)C(=O)N[C@H](CCCNC(=N)N)C(=O)N[C@H](CCCCN)C(=O)O.